The van der Waals surface area contributed by atoms with Gasteiger partial charge in [-0.15, -0.1) is 0 Å². The van der Waals surface area contributed by atoms with E-state index < -0.39 is 0 Å². The quantitative estimate of drug-likeness (QED) is 0.781. The van der Waals surface area contributed by atoms with Crippen LogP contribution in [-0.2, 0) is 0 Å². The third-order valence-electron chi connectivity index (χ3n) is 3.67. The normalized spacial score (nSPS) is 12.1. The Kier molecular flexibility index (Phi) is 4.94. The number of hydrogen-bond acceptors (Lipinski definition) is 2. The number of benzene rings is 2. The van der Waals surface area contributed by atoms with Crippen LogP contribution >= 0.6 is 15.9 Å². The van der Waals surface area contributed by atoms with Gasteiger partial charge < -0.3 is 10.1 Å². The Balaban J connectivity index is 2.30. The Labute approximate surface area is 135 Å². The predicted octanol–water partition coefficient (Wildman–Crippen LogP) is 5.56. The second-order valence-electron chi connectivity index (χ2n) is 5.54. The monoisotopic (exact) mass is 347 g/mol. The van der Waals surface area contributed by atoms with Gasteiger partial charge in [0, 0.05) is 15.7 Å². The van der Waals surface area contributed by atoms with E-state index in [9.17, 15) is 0 Å². The van der Waals surface area contributed by atoms with Gasteiger partial charge >= 0.3 is 0 Å². The number of anilines is 1. The molecule has 0 heterocycles. The summed E-state index contributed by atoms with van der Waals surface area (Å²) < 4.78 is 6.65. The first-order valence-electron chi connectivity index (χ1n) is 7.10. The highest BCUT2D eigenvalue weighted by Crippen LogP contribution is 2.31. The van der Waals surface area contributed by atoms with E-state index in [1.54, 1.807) is 7.11 Å². The highest BCUT2D eigenvalue weighted by atomic mass is 79.9. The van der Waals surface area contributed by atoms with Crippen molar-refractivity contribution in [3.63, 3.8) is 0 Å². The molecule has 0 amide bonds. The van der Waals surface area contributed by atoms with Crippen LogP contribution < -0.4 is 10.1 Å². The largest absolute Gasteiger partial charge is 0.496 e. The molecule has 0 bridgehead atoms. The molecule has 2 aromatic carbocycles. The molecule has 2 rings (SSSR count). The summed E-state index contributed by atoms with van der Waals surface area (Å²) in [6, 6.07) is 10.8. The minimum absolute atomic E-state index is 0.180. The van der Waals surface area contributed by atoms with Crippen LogP contribution in [0.3, 0.4) is 0 Å². The van der Waals surface area contributed by atoms with Crippen LogP contribution in [0, 0.1) is 20.8 Å². The molecular weight excluding hydrogens is 326 g/mol. The van der Waals surface area contributed by atoms with E-state index in [2.05, 4.69) is 73.2 Å². The zero-order valence-electron chi connectivity index (χ0n) is 13.3. The maximum absolute atomic E-state index is 5.48. The molecule has 1 atom stereocenters. The lowest BCUT2D eigenvalue weighted by molar-refractivity contribution is 0.408. The number of hydrogen-bond donors (Lipinski definition) is 1. The van der Waals surface area contributed by atoms with Crippen LogP contribution in [0.1, 0.15) is 35.2 Å². The molecule has 0 aliphatic carbocycles. The lowest BCUT2D eigenvalue weighted by Gasteiger charge is -2.20. The van der Waals surface area contributed by atoms with Crippen LogP contribution in [0.5, 0.6) is 5.75 Å². The molecule has 2 nitrogen and oxygen atoms in total. The second kappa shape index (κ2) is 6.52. The number of rotatable bonds is 4. The fourth-order valence-corrected chi connectivity index (χ4v) is 2.78. The number of nitrogens with one attached hydrogen (secondary N) is 1. The van der Waals surface area contributed by atoms with Crippen molar-refractivity contribution >= 4 is 21.6 Å². The molecule has 0 aromatic heterocycles. The Morgan fingerprint density at radius 3 is 2.24 bits per heavy atom. The van der Waals surface area contributed by atoms with Gasteiger partial charge in [-0.25, -0.2) is 0 Å². The maximum atomic E-state index is 5.48. The Hall–Kier alpha value is -1.48. The number of methoxy groups -OCH3 is 1. The number of halogens is 1. The summed E-state index contributed by atoms with van der Waals surface area (Å²) in [4.78, 5) is 0. The van der Waals surface area contributed by atoms with E-state index in [0.29, 0.717) is 0 Å². The second-order valence-corrected chi connectivity index (χ2v) is 6.33. The van der Waals surface area contributed by atoms with Gasteiger partial charge in [-0.2, -0.15) is 0 Å². The predicted molar refractivity (Wildman–Crippen MR) is 93.4 cm³/mol. The van der Waals surface area contributed by atoms with E-state index in [0.717, 1.165) is 11.4 Å². The molecule has 3 heteroatoms. The fourth-order valence-electron chi connectivity index (χ4n) is 2.55. The van der Waals surface area contributed by atoms with Crippen LogP contribution in [0.15, 0.2) is 34.8 Å². The van der Waals surface area contributed by atoms with Gasteiger partial charge in [0.1, 0.15) is 5.75 Å². The molecule has 2 aromatic rings. The van der Waals surface area contributed by atoms with Gasteiger partial charge in [-0.1, -0.05) is 33.6 Å². The molecule has 0 radical (unpaired) electrons. The highest BCUT2D eigenvalue weighted by Gasteiger charge is 2.12. The minimum atomic E-state index is 0.180. The Morgan fingerprint density at radius 2 is 1.67 bits per heavy atom. The first-order valence-corrected chi connectivity index (χ1v) is 7.89. The third-order valence-corrected chi connectivity index (χ3v) is 4.92. The van der Waals surface area contributed by atoms with Crippen LogP contribution in [0.4, 0.5) is 5.69 Å². The molecule has 0 aliphatic heterocycles. The minimum Gasteiger partial charge on any atom is -0.496 e. The standard InChI is InChI=1S/C18H22BrNO/c1-11-6-7-17(21-5)16(8-11)14(4)20-15-9-12(2)18(19)13(3)10-15/h6-10,14,20H,1-5H3. The molecule has 0 saturated heterocycles. The Bertz CT molecular complexity index is 629. The maximum Gasteiger partial charge on any atom is 0.124 e. The van der Waals surface area contributed by atoms with Gasteiger partial charge in [0.15, 0.2) is 0 Å². The molecule has 1 N–H and O–H groups in total. The summed E-state index contributed by atoms with van der Waals surface area (Å²) in [5.74, 6) is 0.922. The van der Waals surface area contributed by atoms with Gasteiger partial charge in [-0.3, -0.25) is 0 Å². The molecule has 21 heavy (non-hydrogen) atoms. The zero-order valence-corrected chi connectivity index (χ0v) is 14.8. The van der Waals surface area contributed by atoms with Crippen molar-refractivity contribution in [3.05, 3.63) is 57.1 Å². The molecule has 0 saturated carbocycles. The van der Waals surface area contributed by atoms with Crippen molar-refractivity contribution in [2.75, 3.05) is 12.4 Å². The number of ether oxygens (including phenoxy) is 1. The smallest absolute Gasteiger partial charge is 0.124 e. The Morgan fingerprint density at radius 1 is 1.05 bits per heavy atom. The molecule has 0 aliphatic rings. The van der Waals surface area contributed by atoms with Crippen molar-refractivity contribution in [2.24, 2.45) is 0 Å². The summed E-state index contributed by atoms with van der Waals surface area (Å²) in [7, 11) is 1.72. The molecule has 112 valence electrons. The third kappa shape index (κ3) is 3.59. The average molecular weight is 348 g/mol. The van der Waals surface area contributed by atoms with E-state index in [1.807, 2.05) is 6.07 Å². The summed E-state index contributed by atoms with van der Waals surface area (Å²) in [6.45, 7) is 8.48. The summed E-state index contributed by atoms with van der Waals surface area (Å²) in [5, 5.41) is 3.57. The van der Waals surface area contributed by atoms with Gasteiger partial charge in [0.25, 0.3) is 0 Å². The van der Waals surface area contributed by atoms with Crippen molar-refractivity contribution in [3.8, 4) is 5.75 Å². The van der Waals surface area contributed by atoms with Crippen LogP contribution in [0.2, 0.25) is 0 Å². The van der Waals surface area contributed by atoms with Crippen molar-refractivity contribution < 1.29 is 4.74 Å². The van der Waals surface area contributed by atoms with Crippen LogP contribution in [-0.4, -0.2) is 7.11 Å². The lowest BCUT2D eigenvalue weighted by Crippen LogP contribution is -2.09. The van der Waals surface area contributed by atoms with E-state index in [4.69, 9.17) is 4.74 Å². The fraction of sp³-hybridized carbons (Fsp3) is 0.333. The molecular formula is C18H22BrNO. The highest BCUT2D eigenvalue weighted by molar-refractivity contribution is 9.10. The molecule has 0 spiro atoms. The first-order chi connectivity index (χ1) is 9.92. The van der Waals surface area contributed by atoms with Gasteiger partial charge in [0.05, 0.1) is 13.2 Å². The van der Waals surface area contributed by atoms with Crippen molar-refractivity contribution in [1.29, 1.82) is 0 Å². The average Bonchev–Trinajstić information content (AvgIpc) is 2.44. The van der Waals surface area contributed by atoms with E-state index in [-0.39, 0.29) is 6.04 Å². The lowest BCUT2D eigenvalue weighted by atomic mass is 10.0. The van der Waals surface area contributed by atoms with Crippen molar-refractivity contribution in [2.45, 2.75) is 33.7 Å². The topological polar surface area (TPSA) is 21.3 Å². The van der Waals surface area contributed by atoms with E-state index >= 15 is 0 Å². The summed E-state index contributed by atoms with van der Waals surface area (Å²) in [5.41, 5.74) is 6.02. The van der Waals surface area contributed by atoms with E-state index in [1.165, 1.54) is 26.7 Å². The zero-order chi connectivity index (χ0) is 15.6. The first kappa shape index (κ1) is 15.9. The number of aryl methyl sites for hydroxylation is 3. The molecule has 1 unspecified atom stereocenters. The molecule has 0 fully saturated rings. The van der Waals surface area contributed by atoms with Crippen LogP contribution in [0.25, 0.3) is 0 Å². The summed E-state index contributed by atoms with van der Waals surface area (Å²) in [6.07, 6.45) is 0. The van der Waals surface area contributed by atoms with Gasteiger partial charge in [0.2, 0.25) is 0 Å². The summed E-state index contributed by atoms with van der Waals surface area (Å²) >= 11 is 3.61. The van der Waals surface area contributed by atoms with Crippen molar-refractivity contribution in [1.82, 2.24) is 0 Å². The SMILES string of the molecule is COc1ccc(C)cc1C(C)Nc1cc(C)c(Br)c(C)c1. The van der Waals surface area contributed by atoms with Gasteiger partial charge in [-0.05, 0) is 57.0 Å².